The van der Waals surface area contributed by atoms with Gasteiger partial charge in [-0.15, -0.1) is 0 Å². The molecule has 0 unspecified atom stereocenters. The van der Waals surface area contributed by atoms with Crippen LogP contribution in [0.1, 0.15) is 24.6 Å². The summed E-state index contributed by atoms with van der Waals surface area (Å²) >= 11 is 0. The molecule has 1 atom stereocenters. The van der Waals surface area contributed by atoms with E-state index in [0.29, 0.717) is 11.7 Å². The lowest BCUT2D eigenvalue weighted by molar-refractivity contribution is 0.475. The Morgan fingerprint density at radius 1 is 0.962 bits per heavy atom. The monoisotopic (exact) mass is 339 g/mol. The normalized spacial score (nSPS) is 16.7. The van der Waals surface area contributed by atoms with Gasteiger partial charge in [-0.3, -0.25) is 4.98 Å². The van der Waals surface area contributed by atoms with Crippen LogP contribution in [-0.4, -0.2) is 10.1 Å². The number of fused-ring (bicyclic) bond motifs is 4. The van der Waals surface area contributed by atoms with Crippen LogP contribution >= 0.6 is 0 Å². The van der Waals surface area contributed by atoms with Crippen molar-refractivity contribution in [3.05, 3.63) is 71.9 Å². The number of aromatic nitrogens is 1. The van der Waals surface area contributed by atoms with E-state index >= 15 is 0 Å². The summed E-state index contributed by atoms with van der Waals surface area (Å²) in [6.07, 6.45) is 3.32. The van der Waals surface area contributed by atoms with Crippen molar-refractivity contribution in [3.63, 3.8) is 0 Å². The molecule has 128 valence electrons. The van der Waals surface area contributed by atoms with E-state index in [9.17, 15) is 5.11 Å². The average Bonchev–Trinajstić information content (AvgIpc) is 2.67. The van der Waals surface area contributed by atoms with Gasteiger partial charge in [0.1, 0.15) is 5.75 Å². The van der Waals surface area contributed by atoms with Gasteiger partial charge in [0.2, 0.25) is 0 Å². The van der Waals surface area contributed by atoms with Crippen molar-refractivity contribution >= 4 is 21.7 Å². The van der Waals surface area contributed by atoms with Crippen molar-refractivity contribution in [2.45, 2.75) is 26.2 Å². The van der Waals surface area contributed by atoms with Crippen LogP contribution in [0.5, 0.6) is 5.75 Å². The van der Waals surface area contributed by atoms with E-state index in [1.54, 1.807) is 12.1 Å². The minimum atomic E-state index is 0.305. The molecule has 1 N–H and O–H groups in total. The number of rotatable bonds is 1. The smallest absolute Gasteiger partial charge is 0.115 e. The molecule has 0 bridgehead atoms. The first-order valence-corrected chi connectivity index (χ1v) is 9.33. The average molecular weight is 339 g/mol. The molecule has 26 heavy (non-hydrogen) atoms. The topological polar surface area (TPSA) is 33.1 Å². The third-order valence-electron chi connectivity index (χ3n) is 5.65. The molecule has 0 amide bonds. The van der Waals surface area contributed by atoms with Gasteiger partial charge in [0, 0.05) is 11.1 Å². The van der Waals surface area contributed by atoms with Crippen LogP contribution in [-0.2, 0) is 12.8 Å². The summed E-state index contributed by atoms with van der Waals surface area (Å²) in [6, 6.07) is 20.5. The summed E-state index contributed by atoms with van der Waals surface area (Å²) in [5.41, 5.74) is 6.16. The van der Waals surface area contributed by atoms with Crippen molar-refractivity contribution in [1.82, 2.24) is 4.98 Å². The SMILES string of the molecule is C[C@@H]1CCc2nc3ccc4ccccc4c3c(-c3ccc(O)cc3)c2C1. The van der Waals surface area contributed by atoms with Gasteiger partial charge in [-0.05, 0) is 70.8 Å². The molecule has 1 aliphatic carbocycles. The van der Waals surface area contributed by atoms with Crippen molar-refractivity contribution in [1.29, 1.82) is 0 Å². The lowest BCUT2D eigenvalue weighted by Gasteiger charge is -2.25. The highest BCUT2D eigenvalue weighted by Crippen LogP contribution is 2.41. The van der Waals surface area contributed by atoms with Gasteiger partial charge in [0.15, 0.2) is 0 Å². The maximum Gasteiger partial charge on any atom is 0.115 e. The second-order valence-electron chi connectivity index (χ2n) is 7.49. The Morgan fingerprint density at radius 3 is 2.62 bits per heavy atom. The number of phenolic OH excluding ortho intramolecular Hbond substituents is 1. The highest BCUT2D eigenvalue weighted by atomic mass is 16.3. The zero-order valence-electron chi connectivity index (χ0n) is 14.9. The van der Waals surface area contributed by atoms with Crippen molar-refractivity contribution in [2.24, 2.45) is 5.92 Å². The van der Waals surface area contributed by atoms with Crippen molar-refractivity contribution in [2.75, 3.05) is 0 Å². The summed E-state index contributed by atoms with van der Waals surface area (Å²) in [4.78, 5) is 5.05. The number of benzene rings is 3. The van der Waals surface area contributed by atoms with E-state index in [1.165, 1.54) is 39.4 Å². The van der Waals surface area contributed by atoms with Gasteiger partial charge in [-0.25, -0.2) is 0 Å². The summed E-state index contributed by atoms with van der Waals surface area (Å²) in [5.74, 6) is 0.979. The van der Waals surface area contributed by atoms with Crippen molar-refractivity contribution < 1.29 is 5.11 Å². The third-order valence-corrected chi connectivity index (χ3v) is 5.65. The van der Waals surface area contributed by atoms with Gasteiger partial charge in [0.25, 0.3) is 0 Å². The van der Waals surface area contributed by atoms with Gasteiger partial charge in [0.05, 0.1) is 5.52 Å². The maximum atomic E-state index is 9.76. The Hall–Kier alpha value is -2.87. The van der Waals surface area contributed by atoms with Gasteiger partial charge >= 0.3 is 0 Å². The second kappa shape index (κ2) is 5.84. The number of phenols is 1. The third kappa shape index (κ3) is 2.37. The van der Waals surface area contributed by atoms with Crippen LogP contribution < -0.4 is 0 Å². The molecule has 1 aliphatic rings. The molecule has 1 aromatic heterocycles. The van der Waals surface area contributed by atoms with Gasteiger partial charge < -0.3 is 5.11 Å². The van der Waals surface area contributed by atoms with E-state index in [0.717, 1.165) is 23.9 Å². The fourth-order valence-electron chi connectivity index (χ4n) is 4.33. The summed E-state index contributed by atoms with van der Waals surface area (Å²) in [7, 11) is 0. The Bertz CT molecular complexity index is 1130. The number of aromatic hydroxyl groups is 1. The minimum absolute atomic E-state index is 0.305. The van der Waals surface area contributed by atoms with Gasteiger partial charge in [-0.2, -0.15) is 0 Å². The largest absolute Gasteiger partial charge is 0.508 e. The fraction of sp³-hybridized carbons (Fsp3) is 0.208. The molecule has 0 aliphatic heterocycles. The quantitative estimate of drug-likeness (QED) is 0.439. The summed E-state index contributed by atoms with van der Waals surface area (Å²) < 4.78 is 0. The lowest BCUT2D eigenvalue weighted by Crippen LogP contribution is -2.14. The Balaban J connectivity index is 1.95. The molecule has 0 radical (unpaired) electrons. The summed E-state index contributed by atoms with van der Waals surface area (Å²) in [5, 5.41) is 13.5. The predicted octanol–water partition coefficient (Wildman–Crippen LogP) is 5.89. The molecular weight excluding hydrogens is 318 g/mol. The second-order valence-corrected chi connectivity index (χ2v) is 7.49. The minimum Gasteiger partial charge on any atom is -0.508 e. The molecule has 0 saturated carbocycles. The molecule has 2 nitrogen and oxygen atoms in total. The van der Waals surface area contributed by atoms with Crippen LogP contribution in [0.4, 0.5) is 0 Å². The van der Waals surface area contributed by atoms with Crippen molar-refractivity contribution in [3.8, 4) is 16.9 Å². The Morgan fingerprint density at radius 2 is 1.77 bits per heavy atom. The van der Waals surface area contributed by atoms with E-state index in [4.69, 9.17) is 4.98 Å². The Kier molecular flexibility index (Phi) is 3.46. The summed E-state index contributed by atoms with van der Waals surface area (Å²) in [6.45, 7) is 2.33. The number of nitrogens with zero attached hydrogens (tertiary/aromatic N) is 1. The standard InChI is InChI=1S/C24H21NO/c1-15-6-12-21-20(14-15)23(17-7-10-18(26)11-8-17)24-19-5-3-2-4-16(19)9-13-22(24)25-21/h2-5,7-11,13,15,26H,6,12,14H2,1H3/t15-/m1/s1. The first kappa shape index (κ1) is 15.4. The number of hydrogen-bond donors (Lipinski definition) is 1. The first-order chi connectivity index (χ1) is 12.7. The van der Waals surface area contributed by atoms with E-state index in [2.05, 4.69) is 43.3 Å². The Labute approximate surface area is 153 Å². The molecule has 4 aromatic rings. The van der Waals surface area contributed by atoms with Crippen LogP contribution in [0.2, 0.25) is 0 Å². The number of pyridine rings is 1. The lowest BCUT2D eigenvalue weighted by atomic mass is 9.81. The zero-order chi connectivity index (χ0) is 17.7. The molecule has 0 saturated heterocycles. The van der Waals surface area contributed by atoms with Crippen LogP contribution in [0, 0.1) is 5.92 Å². The molecular formula is C24H21NO. The number of hydrogen-bond acceptors (Lipinski definition) is 2. The van der Waals surface area contributed by atoms with Gasteiger partial charge in [-0.1, -0.05) is 49.4 Å². The van der Waals surface area contributed by atoms with Crippen LogP contribution in [0.15, 0.2) is 60.7 Å². The van der Waals surface area contributed by atoms with E-state index < -0.39 is 0 Å². The van der Waals surface area contributed by atoms with E-state index in [-0.39, 0.29) is 0 Å². The zero-order valence-corrected chi connectivity index (χ0v) is 14.9. The molecule has 1 heterocycles. The molecule has 5 rings (SSSR count). The highest BCUT2D eigenvalue weighted by Gasteiger charge is 2.23. The molecule has 0 fully saturated rings. The molecule has 2 heteroatoms. The van der Waals surface area contributed by atoms with Crippen LogP contribution in [0.3, 0.4) is 0 Å². The fourth-order valence-corrected chi connectivity index (χ4v) is 4.33. The molecule has 3 aromatic carbocycles. The number of aryl methyl sites for hydroxylation is 1. The predicted molar refractivity (Wildman–Crippen MR) is 108 cm³/mol. The van der Waals surface area contributed by atoms with E-state index in [1.807, 2.05) is 12.1 Å². The van der Waals surface area contributed by atoms with Crippen LogP contribution in [0.25, 0.3) is 32.8 Å². The molecule has 0 spiro atoms. The highest BCUT2D eigenvalue weighted by molar-refractivity contribution is 6.14. The maximum absolute atomic E-state index is 9.76. The first-order valence-electron chi connectivity index (χ1n) is 9.33.